The number of aliphatic hydroxyl groups excluding tert-OH is 1. The quantitative estimate of drug-likeness (QED) is 0.314. The molecule has 0 aliphatic heterocycles. The number of rotatable bonds is 9. The Kier molecular flexibility index (Phi) is 6.17. The van der Waals surface area contributed by atoms with E-state index in [0.717, 1.165) is 22.2 Å². The van der Waals surface area contributed by atoms with Crippen LogP contribution in [0.5, 0.6) is 5.88 Å². The average Bonchev–Trinajstić information content (AvgIpc) is 3.46. The minimum atomic E-state index is -0.422. The number of amides is 1. The number of para-hydroxylation sites is 1. The minimum Gasteiger partial charge on any atom is -0.471 e. The number of nitrogens with one attached hydrogen (secondary N) is 2. The molecule has 0 saturated heterocycles. The van der Waals surface area contributed by atoms with Crippen LogP contribution in [-0.2, 0) is 24.4 Å². The first-order valence-electron chi connectivity index (χ1n) is 11.0. The molecule has 0 bridgehead atoms. The molecule has 3 heterocycles. The summed E-state index contributed by atoms with van der Waals surface area (Å²) in [6.45, 7) is 0.187. The summed E-state index contributed by atoms with van der Waals surface area (Å²) in [4.78, 5) is 28.9. The zero-order valence-corrected chi connectivity index (χ0v) is 18.4. The lowest BCUT2D eigenvalue weighted by molar-refractivity contribution is -0.122. The van der Waals surface area contributed by atoms with Crippen LogP contribution in [0.15, 0.2) is 73.3 Å². The number of carbonyl (C=O) groups excluding carboxylic acids is 1. The maximum atomic E-state index is 12.7. The summed E-state index contributed by atoms with van der Waals surface area (Å²) in [5.41, 5.74) is 3.97. The molecule has 0 unspecified atom stereocenters. The summed E-state index contributed by atoms with van der Waals surface area (Å²) < 4.78 is 7.47. The molecule has 0 aliphatic carbocycles. The van der Waals surface area contributed by atoms with Gasteiger partial charge in [0.05, 0.1) is 19.0 Å². The van der Waals surface area contributed by atoms with E-state index in [0.29, 0.717) is 30.1 Å². The number of ether oxygens (including phenoxy) is 1. The first-order chi connectivity index (χ1) is 16.7. The first-order valence-corrected chi connectivity index (χ1v) is 11.0. The Balaban J connectivity index is 1.24. The molecule has 0 spiro atoms. The van der Waals surface area contributed by atoms with Crippen molar-refractivity contribution in [1.82, 2.24) is 29.8 Å². The molecule has 1 amide bonds. The van der Waals surface area contributed by atoms with Crippen molar-refractivity contribution in [2.75, 3.05) is 6.61 Å². The van der Waals surface area contributed by atoms with Gasteiger partial charge in [0, 0.05) is 17.6 Å². The van der Waals surface area contributed by atoms with Gasteiger partial charge in [0.15, 0.2) is 11.2 Å². The molecule has 0 saturated carbocycles. The van der Waals surface area contributed by atoms with Crippen molar-refractivity contribution in [1.29, 1.82) is 0 Å². The fourth-order valence-electron chi connectivity index (χ4n) is 3.90. The van der Waals surface area contributed by atoms with Gasteiger partial charge in [0.1, 0.15) is 19.5 Å². The average molecular weight is 457 g/mol. The van der Waals surface area contributed by atoms with Crippen LogP contribution in [0.3, 0.4) is 0 Å². The Hall–Kier alpha value is -4.24. The Morgan fingerprint density at radius 3 is 2.74 bits per heavy atom. The SMILES string of the molecule is O=C(Cn1cnc2c(OCc3ccccc3)ncnc21)N[C@H](CO)Cc1cc2ccccc2[nH]1. The number of fused-ring (bicyclic) bond motifs is 2. The maximum Gasteiger partial charge on any atom is 0.245 e. The summed E-state index contributed by atoms with van der Waals surface area (Å²) >= 11 is 0. The lowest BCUT2D eigenvalue weighted by atomic mass is 10.1. The topological polar surface area (TPSA) is 118 Å². The minimum absolute atomic E-state index is 0.00877. The number of imidazole rings is 1. The van der Waals surface area contributed by atoms with Crippen molar-refractivity contribution in [2.45, 2.75) is 25.6 Å². The molecular weight excluding hydrogens is 432 g/mol. The van der Waals surface area contributed by atoms with E-state index in [1.54, 1.807) is 10.9 Å². The van der Waals surface area contributed by atoms with Crippen LogP contribution >= 0.6 is 0 Å². The molecule has 172 valence electrons. The monoisotopic (exact) mass is 456 g/mol. The lowest BCUT2D eigenvalue weighted by Crippen LogP contribution is -2.40. The van der Waals surface area contributed by atoms with Crippen molar-refractivity contribution in [3.05, 3.63) is 84.6 Å². The number of hydrogen-bond donors (Lipinski definition) is 3. The molecule has 9 heteroatoms. The fraction of sp³-hybridized carbons (Fsp3) is 0.200. The van der Waals surface area contributed by atoms with Crippen molar-refractivity contribution in [2.24, 2.45) is 0 Å². The van der Waals surface area contributed by atoms with Gasteiger partial charge in [-0.25, -0.2) is 9.97 Å². The number of carbonyl (C=O) groups is 1. The highest BCUT2D eigenvalue weighted by Crippen LogP contribution is 2.21. The molecule has 5 aromatic rings. The molecule has 0 aliphatic rings. The van der Waals surface area contributed by atoms with Crippen LogP contribution in [0.25, 0.3) is 22.1 Å². The van der Waals surface area contributed by atoms with Gasteiger partial charge in [-0.1, -0.05) is 48.5 Å². The van der Waals surface area contributed by atoms with Crippen LogP contribution in [0.4, 0.5) is 0 Å². The van der Waals surface area contributed by atoms with E-state index in [-0.39, 0.29) is 19.1 Å². The number of H-pyrrole nitrogens is 1. The maximum absolute atomic E-state index is 12.7. The van der Waals surface area contributed by atoms with Gasteiger partial charge in [0.2, 0.25) is 11.8 Å². The van der Waals surface area contributed by atoms with Crippen molar-refractivity contribution >= 4 is 28.0 Å². The van der Waals surface area contributed by atoms with E-state index in [1.807, 2.05) is 60.7 Å². The standard InChI is InChI=1S/C25H24N6O3/c32-13-20(11-19-10-18-8-4-5-9-21(18)29-19)30-22(33)12-31-16-28-23-24(31)26-15-27-25(23)34-14-17-6-2-1-3-7-17/h1-10,15-16,20,29,32H,11-14H2,(H,30,33)/t20-/m0/s1. The summed E-state index contributed by atoms with van der Waals surface area (Å²) in [7, 11) is 0. The van der Waals surface area contributed by atoms with Crippen molar-refractivity contribution in [3.8, 4) is 5.88 Å². The van der Waals surface area contributed by atoms with E-state index < -0.39 is 6.04 Å². The third-order valence-electron chi connectivity index (χ3n) is 5.54. The molecule has 2 aromatic carbocycles. The molecule has 3 aromatic heterocycles. The van der Waals surface area contributed by atoms with E-state index in [4.69, 9.17) is 4.74 Å². The molecule has 1 atom stereocenters. The molecule has 34 heavy (non-hydrogen) atoms. The van der Waals surface area contributed by atoms with Crippen LogP contribution in [0, 0.1) is 0 Å². The number of benzene rings is 2. The van der Waals surface area contributed by atoms with Gasteiger partial charge in [-0.2, -0.15) is 4.98 Å². The number of aliphatic hydroxyl groups is 1. The molecule has 0 radical (unpaired) electrons. The lowest BCUT2D eigenvalue weighted by Gasteiger charge is -2.16. The summed E-state index contributed by atoms with van der Waals surface area (Å²) in [5.74, 6) is 0.111. The molecule has 9 nitrogen and oxygen atoms in total. The van der Waals surface area contributed by atoms with Gasteiger partial charge < -0.3 is 24.7 Å². The van der Waals surface area contributed by atoms with Gasteiger partial charge in [-0.15, -0.1) is 0 Å². The number of hydrogen-bond acceptors (Lipinski definition) is 6. The van der Waals surface area contributed by atoms with Crippen LogP contribution in [-0.4, -0.2) is 48.2 Å². The highest BCUT2D eigenvalue weighted by Gasteiger charge is 2.17. The third-order valence-corrected chi connectivity index (χ3v) is 5.54. The zero-order chi connectivity index (χ0) is 23.3. The van der Waals surface area contributed by atoms with Crippen molar-refractivity contribution in [3.63, 3.8) is 0 Å². The number of nitrogens with zero attached hydrogens (tertiary/aromatic N) is 4. The summed E-state index contributed by atoms with van der Waals surface area (Å²) in [5, 5.41) is 13.8. The Labute approximate surface area is 195 Å². The van der Waals surface area contributed by atoms with Gasteiger partial charge in [-0.3, -0.25) is 4.79 Å². The van der Waals surface area contributed by atoms with Gasteiger partial charge in [0.25, 0.3) is 0 Å². The Bertz CT molecular complexity index is 1380. The number of aromatic amines is 1. The van der Waals surface area contributed by atoms with E-state index >= 15 is 0 Å². The highest BCUT2D eigenvalue weighted by atomic mass is 16.5. The van der Waals surface area contributed by atoms with Crippen LogP contribution in [0.2, 0.25) is 0 Å². The van der Waals surface area contributed by atoms with E-state index in [9.17, 15) is 9.90 Å². The Morgan fingerprint density at radius 1 is 1.09 bits per heavy atom. The van der Waals surface area contributed by atoms with E-state index in [2.05, 4.69) is 25.3 Å². The number of aromatic nitrogens is 5. The Morgan fingerprint density at radius 2 is 1.91 bits per heavy atom. The van der Waals surface area contributed by atoms with Gasteiger partial charge >= 0.3 is 0 Å². The van der Waals surface area contributed by atoms with Crippen molar-refractivity contribution < 1.29 is 14.6 Å². The summed E-state index contributed by atoms with van der Waals surface area (Å²) in [6.07, 6.45) is 3.42. The predicted molar refractivity (Wildman–Crippen MR) is 127 cm³/mol. The molecular formula is C25H24N6O3. The molecule has 0 fully saturated rings. The normalized spacial score (nSPS) is 12.1. The second kappa shape index (κ2) is 9.72. The van der Waals surface area contributed by atoms with Crippen LogP contribution in [0.1, 0.15) is 11.3 Å². The smallest absolute Gasteiger partial charge is 0.245 e. The third kappa shape index (κ3) is 4.74. The van der Waals surface area contributed by atoms with Crippen LogP contribution < -0.4 is 10.1 Å². The molecule has 3 N–H and O–H groups in total. The predicted octanol–water partition coefficient (Wildman–Crippen LogP) is 2.61. The molecule has 5 rings (SSSR count). The van der Waals surface area contributed by atoms with E-state index in [1.165, 1.54) is 6.33 Å². The first kappa shape index (κ1) is 21.6. The largest absolute Gasteiger partial charge is 0.471 e. The second-order valence-electron chi connectivity index (χ2n) is 8.03. The zero-order valence-electron chi connectivity index (χ0n) is 18.4. The second-order valence-corrected chi connectivity index (χ2v) is 8.03. The fourth-order valence-corrected chi connectivity index (χ4v) is 3.90. The summed E-state index contributed by atoms with van der Waals surface area (Å²) in [6, 6.07) is 19.3. The van der Waals surface area contributed by atoms with Gasteiger partial charge in [-0.05, 0) is 23.1 Å². The highest BCUT2D eigenvalue weighted by molar-refractivity contribution is 5.81.